The van der Waals surface area contributed by atoms with E-state index in [2.05, 4.69) is 53.0 Å². The Morgan fingerprint density at radius 2 is 2.17 bits per heavy atom. The number of aryl methyl sites for hydroxylation is 1. The molecular formula is C15H21N3. The first-order valence-corrected chi connectivity index (χ1v) is 6.98. The summed E-state index contributed by atoms with van der Waals surface area (Å²) in [5.41, 5.74) is 2.40. The Hall–Kier alpha value is -1.35. The first kappa shape index (κ1) is 11.7. The van der Waals surface area contributed by atoms with Crippen LogP contribution in [-0.2, 0) is 0 Å². The molecule has 1 aliphatic carbocycles. The molecule has 0 aliphatic heterocycles. The number of para-hydroxylation sites is 2. The average molecular weight is 243 g/mol. The van der Waals surface area contributed by atoms with E-state index in [1.165, 1.54) is 24.8 Å². The molecule has 1 saturated carbocycles. The van der Waals surface area contributed by atoms with E-state index in [9.17, 15) is 0 Å². The first-order chi connectivity index (χ1) is 8.81. The number of nitrogens with zero attached hydrogens (tertiary/aromatic N) is 2. The molecule has 96 valence electrons. The molecule has 1 N–H and O–H groups in total. The van der Waals surface area contributed by atoms with Crippen molar-refractivity contribution in [2.75, 3.05) is 6.54 Å². The lowest BCUT2D eigenvalue weighted by atomic mass is 10.1. The number of hydrogen-bond acceptors (Lipinski definition) is 2. The fourth-order valence-corrected chi connectivity index (χ4v) is 3.33. The molecule has 0 saturated heterocycles. The summed E-state index contributed by atoms with van der Waals surface area (Å²) in [6.45, 7) is 5.36. The van der Waals surface area contributed by atoms with Crippen LogP contribution in [0.25, 0.3) is 11.0 Å². The van der Waals surface area contributed by atoms with Gasteiger partial charge < -0.3 is 9.88 Å². The normalized spacial score (nSPS) is 23.9. The fourth-order valence-electron chi connectivity index (χ4n) is 3.33. The first-order valence-electron chi connectivity index (χ1n) is 6.98. The van der Waals surface area contributed by atoms with Gasteiger partial charge in [-0.15, -0.1) is 0 Å². The van der Waals surface area contributed by atoms with Gasteiger partial charge in [0, 0.05) is 6.04 Å². The topological polar surface area (TPSA) is 29.9 Å². The van der Waals surface area contributed by atoms with Crippen molar-refractivity contribution in [3.05, 3.63) is 30.1 Å². The van der Waals surface area contributed by atoms with Crippen LogP contribution < -0.4 is 5.32 Å². The standard InChI is InChI=1S/C15H21N3/c1-3-16-12-8-6-10-14(12)18-11(2)17-13-7-4-5-9-15(13)18/h4-5,7,9,12,14,16H,3,6,8,10H2,1-2H3. The molecule has 18 heavy (non-hydrogen) atoms. The van der Waals surface area contributed by atoms with Gasteiger partial charge in [0.15, 0.2) is 0 Å². The van der Waals surface area contributed by atoms with Gasteiger partial charge in [0.05, 0.1) is 17.1 Å². The molecule has 0 bridgehead atoms. The highest BCUT2D eigenvalue weighted by Gasteiger charge is 2.29. The lowest BCUT2D eigenvalue weighted by molar-refractivity contribution is 0.401. The van der Waals surface area contributed by atoms with E-state index in [0.717, 1.165) is 17.9 Å². The maximum Gasteiger partial charge on any atom is 0.107 e. The van der Waals surface area contributed by atoms with Crippen LogP contribution >= 0.6 is 0 Å². The Labute approximate surface area is 108 Å². The largest absolute Gasteiger partial charge is 0.324 e. The van der Waals surface area contributed by atoms with Crippen LogP contribution in [0.4, 0.5) is 0 Å². The highest BCUT2D eigenvalue weighted by Crippen LogP contribution is 2.33. The predicted octanol–water partition coefficient (Wildman–Crippen LogP) is 3.05. The SMILES string of the molecule is CCNC1CCCC1n1c(C)nc2ccccc21. The van der Waals surface area contributed by atoms with E-state index in [4.69, 9.17) is 0 Å². The Kier molecular flexibility index (Phi) is 3.08. The Morgan fingerprint density at radius 1 is 1.33 bits per heavy atom. The minimum atomic E-state index is 0.567. The summed E-state index contributed by atoms with van der Waals surface area (Å²) < 4.78 is 2.44. The van der Waals surface area contributed by atoms with Gasteiger partial charge in [0.2, 0.25) is 0 Å². The molecular weight excluding hydrogens is 222 g/mol. The highest BCUT2D eigenvalue weighted by atomic mass is 15.1. The van der Waals surface area contributed by atoms with E-state index >= 15 is 0 Å². The third-order valence-electron chi connectivity index (χ3n) is 4.05. The van der Waals surface area contributed by atoms with Crippen molar-refractivity contribution < 1.29 is 0 Å². The average Bonchev–Trinajstić information content (AvgIpc) is 2.92. The third-order valence-corrected chi connectivity index (χ3v) is 4.05. The van der Waals surface area contributed by atoms with Crippen LogP contribution in [0.5, 0.6) is 0 Å². The zero-order valence-electron chi connectivity index (χ0n) is 11.2. The van der Waals surface area contributed by atoms with Gasteiger partial charge in [-0.3, -0.25) is 0 Å². The quantitative estimate of drug-likeness (QED) is 0.898. The third kappa shape index (κ3) is 1.83. The summed E-state index contributed by atoms with van der Waals surface area (Å²) in [7, 11) is 0. The van der Waals surface area contributed by atoms with Gasteiger partial charge in [-0.1, -0.05) is 19.1 Å². The molecule has 2 atom stereocenters. The molecule has 2 unspecified atom stereocenters. The van der Waals surface area contributed by atoms with Crippen LogP contribution in [0, 0.1) is 6.92 Å². The molecule has 2 aromatic rings. The molecule has 3 rings (SSSR count). The molecule has 0 spiro atoms. The summed E-state index contributed by atoms with van der Waals surface area (Å²) in [5.74, 6) is 1.14. The van der Waals surface area contributed by atoms with Crippen molar-refractivity contribution in [1.29, 1.82) is 0 Å². The zero-order valence-corrected chi connectivity index (χ0v) is 11.2. The molecule has 0 amide bonds. The minimum absolute atomic E-state index is 0.567. The number of aromatic nitrogens is 2. The fraction of sp³-hybridized carbons (Fsp3) is 0.533. The van der Waals surface area contributed by atoms with E-state index in [1.54, 1.807) is 0 Å². The summed E-state index contributed by atoms with van der Waals surface area (Å²) in [5, 5.41) is 3.63. The smallest absolute Gasteiger partial charge is 0.107 e. The molecule has 1 aromatic carbocycles. The number of nitrogens with one attached hydrogen (secondary N) is 1. The molecule has 1 fully saturated rings. The van der Waals surface area contributed by atoms with Gasteiger partial charge in [0.25, 0.3) is 0 Å². The van der Waals surface area contributed by atoms with E-state index in [0.29, 0.717) is 12.1 Å². The van der Waals surface area contributed by atoms with Crippen molar-refractivity contribution in [2.24, 2.45) is 0 Å². The predicted molar refractivity (Wildman–Crippen MR) is 74.8 cm³/mol. The summed E-state index contributed by atoms with van der Waals surface area (Å²) in [6.07, 6.45) is 3.86. The lowest BCUT2D eigenvalue weighted by Gasteiger charge is -2.23. The number of rotatable bonds is 3. The van der Waals surface area contributed by atoms with Crippen LogP contribution in [0.3, 0.4) is 0 Å². The van der Waals surface area contributed by atoms with Crippen molar-refractivity contribution in [2.45, 2.75) is 45.2 Å². The van der Waals surface area contributed by atoms with Crippen molar-refractivity contribution in [3.8, 4) is 0 Å². The molecule has 1 aromatic heterocycles. The number of imidazole rings is 1. The Bertz CT molecular complexity index is 544. The van der Waals surface area contributed by atoms with Gasteiger partial charge >= 0.3 is 0 Å². The number of likely N-dealkylation sites (N-methyl/N-ethyl adjacent to an activating group) is 1. The molecule has 1 heterocycles. The van der Waals surface area contributed by atoms with Crippen molar-refractivity contribution in [3.63, 3.8) is 0 Å². The number of hydrogen-bond donors (Lipinski definition) is 1. The molecule has 3 nitrogen and oxygen atoms in total. The maximum atomic E-state index is 4.69. The van der Waals surface area contributed by atoms with E-state index < -0.39 is 0 Å². The monoisotopic (exact) mass is 243 g/mol. The highest BCUT2D eigenvalue weighted by molar-refractivity contribution is 5.76. The Balaban J connectivity index is 2.05. The summed E-state index contributed by atoms with van der Waals surface area (Å²) >= 11 is 0. The maximum absolute atomic E-state index is 4.69. The van der Waals surface area contributed by atoms with Crippen LogP contribution in [0.1, 0.15) is 38.1 Å². The van der Waals surface area contributed by atoms with Gasteiger partial charge in [-0.25, -0.2) is 4.98 Å². The molecule has 3 heteroatoms. The zero-order chi connectivity index (χ0) is 12.5. The molecule has 0 radical (unpaired) electrons. The van der Waals surface area contributed by atoms with Gasteiger partial charge in [-0.2, -0.15) is 0 Å². The van der Waals surface area contributed by atoms with Crippen molar-refractivity contribution in [1.82, 2.24) is 14.9 Å². The van der Waals surface area contributed by atoms with Crippen LogP contribution in [0.2, 0.25) is 0 Å². The van der Waals surface area contributed by atoms with Crippen LogP contribution in [-0.4, -0.2) is 22.1 Å². The Morgan fingerprint density at radius 3 is 3.00 bits per heavy atom. The lowest BCUT2D eigenvalue weighted by Crippen LogP contribution is -2.34. The van der Waals surface area contributed by atoms with Crippen molar-refractivity contribution >= 4 is 11.0 Å². The summed E-state index contributed by atoms with van der Waals surface area (Å²) in [6, 6.07) is 9.64. The second-order valence-corrected chi connectivity index (χ2v) is 5.18. The second kappa shape index (κ2) is 4.73. The number of benzene rings is 1. The summed E-state index contributed by atoms with van der Waals surface area (Å²) in [4.78, 5) is 4.69. The van der Waals surface area contributed by atoms with E-state index in [-0.39, 0.29) is 0 Å². The minimum Gasteiger partial charge on any atom is -0.324 e. The number of fused-ring (bicyclic) bond motifs is 1. The van der Waals surface area contributed by atoms with Crippen LogP contribution in [0.15, 0.2) is 24.3 Å². The van der Waals surface area contributed by atoms with Gasteiger partial charge in [0.1, 0.15) is 5.82 Å². The van der Waals surface area contributed by atoms with E-state index in [1.807, 2.05) is 0 Å². The second-order valence-electron chi connectivity index (χ2n) is 5.18. The van der Waals surface area contributed by atoms with Gasteiger partial charge in [-0.05, 0) is 44.9 Å². The molecule has 1 aliphatic rings.